The highest BCUT2D eigenvalue weighted by Gasteiger charge is 2.33. The van der Waals surface area contributed by atoms with E-state index in [0.29, 0.717) is 6.04 Å². The molecule has 1 saturated heterocycles. The average Bonchev–Trinajstić information content (AvgIpc) is 2.78. The van der Waals surface area contributed by atoms with E-state index in [9.17, 15) is 0 Å². The highest BCUT2D eigenvalue weighted by molar-refractivity contribution is 4.88. The second-order valence-corrected chi connectivity index (χ2v) is 4.51. The van der Waals surface area contributed by atoms with Crippen molar-refractivity contribution in [3.8, 4) is 0 Å². The fraction of sp³-hybridized carbons (Fsp3) is 1.00. The van der Waals surface area contributed by atoms with Crippen LogP contribution in [0.2, 0.25) is 0 Å². The quantitative estimate of drug-likeness (QED) is 0.683. The number of hydrogen-bond acceptors (Lipinski definition) is 2. The summed E-state index contributed by atoms with van der Waals surface area (Å²) in [5.74, 6) is 1.85. The van der Waals surface area contributed by atoms with Gasteiger partial charge in [-0.1, -0.05) is 6.92 Å². The van der Waals surface area contributed by atoms with Crippen molar-refractivity contribution in [2.24, 2.45) is 17.6 Å². The van der Waals surface area contributed by atoms with Gasteiger partial charge in [0.05, 0.1) is 0 Å². The smallest absolute Gasteiger partial charge is 0.0244 e. The van der Waals surface area contributed by atoms with Gasteiger partial charge in [0, 0.05) is 19.1 Å². The van der Waals surface area contributed by atoms with E-state index in [-0.39, 0.29) is 0 Å². The van der Waals surface area contributed by atoms with Crippen LogP contribution in [0.5, 0.6) is 0 Å². The number of hydrogen-bond donors (Lipinski definition) is 1. The topological polar surface area (TPSA) is 29.3 Å². The lowest BCUT2D eigenvalue weighted by Gasteiger charge is -2.25. The van der Waals surface area contributed by atoms with E-state index in [0.717, 1.165) is 18.4 Å². The summed E-state index contributed by atoms with van der Waals surface area (Å²) >= 11 is 0. The third-order valence-corrected chi connectivity index (χ3v) is 3.43. The van der Waals surface area contributed by atoms with Gasteiger partial charge in [-0.2, -0.15) is 0 Å². The molecule has 0 aromatic heterocycles. The summed E-state index contributed by atoms with van der Waals surface area (Å²) in [5, 5.41) is 0. The van der Waals surface area contributed by atoms with Crippen LogP contribution >= 0.6 is 0 Å². The van der Waals surface area contributed by atoms with Gasteiger partial charge in [-0.15, -0.1) is 0 Å². The van der Waals surface area contributed by atoms with Crippen molar-refractivity contribution < 1.29 is 0 Å². The first-order chi connectivity index (χ1) is 5.81. The second-order valence-electron chi connectivity index (χ2n) is 4.51. The van der Waals surface area contributed by atoms with Crippen molar-refractivity contribution in [1.29, 1.82) is 0 Å². The number of rotatable bonds is 3. The zero-order valence-electron chi connectivity index (χ0n) is 8.00. The molecule has 0 aromatic rings. The minimum atomic E-state index is 0.686. The largest absolute Gasteiger partial charge is 0.329 e. The summed E-state index contributed by atoms with van der Waals surface area (Å²) in [7, 11) is 0. The van der Waals surface area contributed by atoms with Crippen molar-refractivity contribution in [2.45, 2.75) is 32.2 Å². The van der Waals surface area contributed by atoms with Gasteiger partial charge in [0.2, 0.25) is 0 Å². The van der Waals surface area contributed by atoms with E-state index in [1.807, 2.05) is 0 Å². The van der Waals surface area contributed by atoms with Crippen LogP contribution in [-0.4, -0.2) is 30.6 Å². The van der Waals surface area contributed by atoms with E-state index in [1.165, 1.54) is 32.4 Å². The molecule has 12 heavy (non-hydrogen) atoms. The summed E-state index contributed by atoms with van der Waals surface area (Å²) < 4.78 is 0. The van der Waals surface area contributed by atoms with E-state index < -0.39 is 0 Å². The maximum Gasteiger partial charge on any atom is 0.0244 e. The molecule has 0 spiro atoms. The van der Waals surface area contributed by atoms with Crippen LogP contribution in [0.4, 0.5) is 0 Å². The van der Waals surface area contributed by atoms with E-state index in [1.54, 1.807) is 0 Å². The zero-order chi connectivity index (χ0) is 8.55. The van der Waals surface area contributed by atoms with Gasteiger partial charge in [-0.3, -0.25) is 4.90 Å². The molecule has 0 aromatic carbocycles. The Morgan fingerprint density at radius 1 is 1.33 bits per heavy atom. The highest BCUT2D eigenvalue weighted by Crippen LogP contribution is 2.33. The molecule has 70 valence electrons. The lowest BCUT2D eigenvalue weighted by Crippen LogP contribution is -2.39. The Hall–Kier alpha value is -0.0800. The minimum Gasteiger partial charge on any atom is -0.329 e. The van der Waals surface area contributed by atoms with Crippen LogP contribution in [0.1, 0.15) is 26.2 Å². The lowest BCUT2D eigenvalue weighted by molar-refractivity contribution is 0.227. The normalized spacial score (nSPS) is 37.5. The predicted octanol–water partition coefficient (Wildman–Crippen LogP) is 1.07. The molecule has 2 N–H and O–H groups in total. The third kappa shape index (κ3) is 1.64. The maximum absolute atomic E-state index is 5.77. The molecule has 2 atom stereocenters. The Kier molecular flexibility index (Phi) is 2.37. The molecule has 0 amide bonds. The van der Waals surface area contributed by atoms with E-state index in [2.05, 4.69) is 11.8 Å². The van der Waals surface area contributed by atoms with Gasteiger partial charge in [-0.25, -0.2) is 0 Å². The number of nitrogens with two attached hydrogens (primary N) is 1. The Morgan fingerprint density at radius 2 is 2.08 bits per heavy atom. The van der Waals surface area contributed by atoms with Gasteiger partial charge in [0.15, 0.2) is 0 Å². The fourth-order valence-corrected chi connectivity index (χ4v) is 2.33. The maximum atomic E-state index is 5.77. The Morgan fingerprint density at radius 3 is 2.67 bits per heavy atom. The van der Waals surface area contributed by atoms with Crippen molar-refractivity contribution in [3.63, 3.8) is 0 Å². The molecule has 1 heterocycles. The molecule has 1 saturated carbocycles. The highest BCUT2D eigenvalue weighted by atomic mass is 15.2. The summed E-state index contributed by atoms with van der Waals surface area (Å²) in [6.45, 7) is 5.81. The van der Waals surface area contributed by atoms with Crippen molar-refractivity contribution in [3.05, 3.63) is 0 Å². The predicted molar refractivity (Wildman–Crippen MR) is 50.9 cm³/mol. The summed E-state index contributed by atoms with van der Waals surface area (Å²) in [6.07, 6.45) is 4.28. The van der Waals surface area contributed by atoms with Gasteiger partial charge in [0.1, 0.15) is 0 Å². The first-order valence-electron chi connectivity index (χ1n) is 5.25. The third-order valence-electron chi connectivity index (χ3n) is 3.43. The number of nitrogens with zero attached hydrogens (tertiary/aromatic N) is 1. The molecule has 2 heteroatoms. The molecule has 2 nitrogen and oxygen atoms in total. The molecule has 0 bridgehead atoms. The molecule has 0 radical (unpaired) electrons. The summed E-state index contributed by atoms with van der Waals surface area (Å²) in [5.41, 5.74) is 5.77. The second kappa shape index (κ2) is 3.35. The Labute approximate surface area is 75.1 Å². The van der Waals surface area contributed by atoms with E-state index >= 15 is 0 Å². The van der Waals surface area contributed by atoms with Crippen LogP contribution in [0, 0.1) is 11.8 Å². The van der Waals surface area contributed by atoms with Crippen LogP contribution in [0.25, 0.3) is 0 Å². The Bertz CT molecular complexity index is 154. The van der Waals surface area contributed by atoms with Crippen LogP contribution in [-0.2, 0) is 0 Å². The van der Waals surface area contributed by atoms with Crippen LogP contribution in [0.3, 0.4) is 0 Å². The average molecular weight is 168 g/mol. The summed E-state index contributed by atoms with van der Waals surface area (Å²) in [4.78, 5) is 2.61. The standard InChI is InChI=1S/C10H20N2/c1-8-4-5-12(10(8)6-11)7-9-2-3-9/h8-10H,2-7,11H2,1H3. The minimum absolute atomic E-state index is 0.686. The molecule has 1 aliphatic carbocycles. The lowest BCUT2D eigenvalue weighted by atomic mass is 10.0. The van der Waals surface area contributed by atoms with Crippen LogP contribution in [0.15, 0.2) is 0 Å². The van der Waals surface area contributed by atoms with E-state index in [4.69, 9.17) is 5.73 Å². The van der Waals surface area contributed by atoms with Crippen molar-refractivity contribution in [1.82, 2.24) is 4.90 Å². The SMILES string of the molecule is CC1CCN(CC2CC2)C1CN. The molecule has 2 rings (SSSR count). The van der Waals surface area contributed by atoms with Crippen LogP contribution < -0.4 is 5.73 Å². The number of likely N-dealkylation sites (tertiary alicyclic amines) is 1. The molecule has 2 fully saturated rings. The van der Waals surface area contributed by atoms with Gasteiger partial charge in [0.25, 0.3) is 0 Å². The monoisotopic (exact) mass is 168 g/mol. The first-order valence-corrected chi connectivity index (χ1v) is 5.25. The molecule has 2 aliphatic rings. The Balaban J connectivity index is 1.86. The molecular weight excluding hydrogens is 148 g/mol. The van der Waals surface area contributed by atoms with Crippen molar-refractivity contribution >= 4 is 0 Å². The molecule has 2 unspecified atom stereocenters. The van der Waals surface area contributed by atoms with Gasteiger partial charge in [-0.05, 0) is 37.6 Å². The zero-order valence-corrected chi connectivity index (χ0v) is 8.00. The van der Waals surface area contributed by atoms with Gasteiger partial charge < -0.3 is 5.73 Å². The molecular formula is C10H20N2. The van der Waals surface area contributed by atoms with Gasteiger partial charge >= 0.3 is 0 Å². The van der Waals surface area contributed by atoms with Crippen molar-refractivity contribution in [2.75, 3.05) is 19.6 Å². The first kappa shape index (κ1) is 8.52. The summed E-state index contributed by atoms with van der Waals surface area (Å²) in [6, 6.07) is 0.686. The molecule has 1 aliphatic heterocycles. The fourth-order valence-electron chi connectivity index (χ4n) is 2.33.